The first-order valence-electron chi connectivity index (χ1n) is 5.47. The maximum absolute atomic E-state index is 12.0. The van der Waals surface area contributed by atoms with Crippen LogP contribution in [0, 0.1) is 0 Å². The Labute approximate surface area is 117 Å². The van der Waals surface area contributed by atoms with Gasteiger partial charge in [0.2, 0.25) is 5.78 Å². The van der Waals surface area contributed by atoms with Crippen molar-refractivity contribution >= 4 is 27.4 Å². The summed E-state index contributed by atoms with van der Waals surface area (Å²) in [7, 11) is 1.47. The van der Waals surface area contributed by atoms with E-state index in [-0.39, 0.29) is 6.42 Å². The van der Waals surface area contributed by atoms with Gasteiger partial charge in [0.25, 0.3) is 0 Å². The van der Waals surface area contributed by atoms with Crippen molar-refractivity contribution in [3.05, 3.63) is 22.2 Å². The molecule has 0 radical (unpaired) electrons. The molecule has 0 aliphatic carbocycles. The van der Waals surface area contributed by atoms with Gasteiger partial charge in [-0.2, -0.15) is 13.2 Å². The number of halogens is 4. The quantitative estimate of drug-likeness (QED) is 0.835. The number of nitrogen functional groups attached to an aromatic ring is 1. The number of nitrogens with two attached hydrogens (primary N) is 1. The van der Waals surface area contributed by atoms with Gasteiger partial charge in [0, 0.05) is 10.9 Å². The fourth-order valence-electron chi connectivity index (χ4n) is 1.57. The molecule has 19 heavy (non-hydrogen) atoms. The van der Waals surface area contributed by atoms with Gasteiger partial charge in [-0.3, -0.25) is 4.79 Å². The zero-order valence-electron chi connectivity index (χ0n) is 10.2. The Morgan fingerprint density at radius 1 is 1.42 bits per heavy atom. The van der Waals surface area contributed by atoms with Gasteiger partial charge in [0.1, 0.15) is 5.75 Å². The monoisotopic (exact) mass is 339 g/mol. The molecule has 0 amide bonds. The molecule has 0 bridgehead atoms. The second kappa shape index (κ2) is 6.27. The van der Waals surface area contributed by atoms with E-state index in [2.05, 4.69) is 15.9 Å². The highest BCUT2D eigenvalue weighted by Crippen LogP contribution is 2.30. The summed E-state index contributed by atoms with van der Waals surface area (Å²) >= 11 is 3.29. The van der Waals surface area contributed by atoms with E-state index < -0.39 is 18.4 Å². The lowest BCUT2D eigenvalue weighted by Gasteiger charge is -2.10. The Morgan fingerprint density at radius 3 is 2.58 bits per heavy atom. The molecular weight excluding hydrogens is 327 g/mol. The molecule has 7 heteroatoms. The Balaban J connectivity index is 2.64. The molecule has 3 nitrogen and oxygen atoms in total. The maximum atomic E-state index is 12.0. The van der Waals surface area contributed by atoms with Gasteiger partial charge >= 0.3 is 6.18 Å². The van der Waals surface area contributed by atoms with Gasteiger partial charge < -0.3 is 10.5 Å². The molecule has 0 aliphatic heterocycles. The smallest absolute Gasteiger partial charge is 0.449 e. The van der Waals surface area contributed by atoms with Gasteiger partial charge in [-0.1, -0.05) is 15.9 Å². The first kappa shape index (κ1) is 15.8. The summed E-state index contributed by atoms with van der Waals surface area (Å²) in [4.78, 5) is 10.7. The molecule has 0 aliphatic rings. The topological polar surface area (TPSA) is 52.3 Å². The van der Waals surface area contributed by atoms with E-state index >= 15 is 0 Å². The lowest BCUT2D eigenvalue weighted by Crippen LogP contribution is -2.22. The second-order valence-corrected chi connectivity index (χ2v) is 4.81. The average molecular weight is 340 g/mol. The van der Waals surface area contributed by atoms with Crippen LogP contribution in [-0.2, 0) is 11.2 Å². The molecule has 0 fully saturated rings. The number of carbonyl (C=O) groups is 1. The molecule has 0 atom stereocenters. The number of alkyl halides is 3. The summed E-state index contributed by atoms with van der Waals surface area (Å²) in [5, 5.41) is 0. The molecule has 2 N–H and O–H groups in total. The summed E-state index contributed by atoms with van der Waals surface area (Å²) < 4.78 is 41.8. The highest BCUT2D eigenvalue weighted by atomic mass is 79.9. The van der Waals surface area contributed by atoms with E-state index in [0.717, 1.165) is 5.56 Å². The molecule has 0 saturated carbocycles. The van der Waals surface area contributed by atoms with Gasteiger partial charge in [-0.25, -0.2) is 0 Å². The predicted octanol–water partition coefficient (Wildman–Crippen LogP) is 3.49. The number of Topliss-reactive ketones (excluding diaryl/α,β-unsaturated/α-hetero) is 1. The van der Waals surface area contributed by atoms with Gasteiger partial charge in [-0.15, -0.1) is 0 Å². The third kappa shape index (κ3) is 4.41. The van der Waals surface area contributed by atoms with Crippen molar-refractivity contribution in [3.8, 4) is 5.75 Å². The number of ether oxygens (including phenoxy) is 1. The number of ketones is 1. The average Bonchev–Trinajstić information content (AvgIpc) is 2.31. The largest absolute Gasteiger partial charge is 0.495 e. The fraction of sp³-hybridized carbons (Fsp3) is 0.417. The third-order valence-corrected chi connectivity index (χ3v) is 3.30. The van der Waals surface area contributed by atoms with E-state index in [0.29, 0.717) is 22.3 Å². The van der Waals surface area contributed by atoms with Crippen LogP contribution in [0.25, 0.3) is 0 Å². The SMILES string of the molecule is COc1cc(Br)c(CCCC(=O)C(F)(F)F)cc1N. The molecule has 0 aromatic heterocycles. The number of hydrogen-bond donors (Lipinski definition) is 1. The van der Waals surface area contributed by atoms with Crippen LogP contribution in [0.2, 0.25) is 0 Å². The zero-order chi connectivity index (χ0) is 14.6. The fourth-order valence-corrected chi connectivity index (χ4v) is 2.09. The zero-order valence-corrected chi connectivity index (χ0v) is 11.8. The number of aryl methyl sites for hydroxylation is 1. The van der Waals surface area contributed by atoms with Crippen LogP contribution in [0.5, 0.6) is 5.75 Å². The molecule has 1 aromatic rings. The number of rotatable bonds is 5. The van der Waals surface area contributed by atoms with Crippen LogP contribution in [0.4, 0.5) is 18.9 Å². The molecule has 0 unspecified atom stereocenters. The van der Waals surface area contributed by atoms with E-state index in [1.807, 2.05) is 0 Å². The van der Waals surface area contributed by atoms with E-state index in [1.54, 1.807) is 12.1 Å². The van der Waals surface area contributed by atoms with Gasteiger partial charge in [0.05, 0.1) is 12.8 Å². The molecular formula is C12H13BrF3NO2. The Hall–Kier alpha value is -1.24. The van der Waals surface area contributed by atoms with E-state index in [9.17, 15) is 18.0 Å². The van der Waals surface area contributed by atoms with Crippen molar-refractivity contribution in [2.45, 2.75) is 25.4 Å². The molecule has 106 valence electrons. The van der Waals surface area contributed by atoms with Crippen molar-refractivity contribution in [2.24, 2.45) is 0 Å². The number of hydrogen-bond acceptors (Lipinski definition) is 3. The number of benzene rings is 1. The predicted molar refractivity (Wildman–Crippen MR) is 69.1 cm³/mol. The maximum Gasteiger partial charge on any atom is 0.449 e. The lowest BCUT2D eigenvalue weighted by molar-refractivity contribution is -0.171. The summed E-state index contributed by atoms with van der Waals surface area (Å²) in [6, 6.07) is 3.28. The second-order valence-electron chi connectivity index (χ2n) is 3.96. The number of carbonyl (C=O) groups excluding carboxylic acids is 1. The molecule has 0 heterocycles. The molecule has 0 saturated heterocycles. The summed E-state index contributed by atoms with van der Waals surface area (Å²) in [6.45, 7) is 0. The van der Waals surface area contributed by atoms with Crippen LogP contribution >= 0.6 is 15.9 Å². The van der Waals surface area contributed by atoms with Crippen LogP contribution in [0.15, 0.2) is 16.6 Å². The van der Waals surface area contributed by atoms with Crippen LogP contribution in [0.1, 0.15) is 18.4 Å². The van der Waals surface area contributed by atoms with Crippen molar-refractivity contribution in [2.75, 3.05) is 12.8 Å². The Bertz CT molecular complexity index is 475. The van der Waals surface area contributed by atoms with Crippen molar-refractivity contribution in [3.63, 3.8) is 0 Å². The summed E-state index contributed by atoms with van der Waals surface area (Å²) in [5.74, 6) is -1.22. The summed E-state index contributed by atoms with van der Waals surface area (Å²) in [5.41, 5.74) is 6.86. The molecule has 0 spiro atoms. The lowest BCUT2D eigenvalue weighted by atomic mass is 10.1. The number of methoxy groups -OCH3 is 1. The van der Waals surface area contributed by atoms with E-state index in [1.165, 1.54) is 7.11 Å². The Morgan fingerprint density at radius 2 is 2.05 bits per heavy atom. The normalized spacial score (nSPS) is 11.4. The van der Waals surface area contributed by atoms with Crippen molar-refractivity contribution in [1.82, 2.24) is 0 Å². The van der Waals surface area contributed by atoms with Crippen LogP contribution in [0.3, 0.4) is 0 Å². The van der Waals surface area contributed by atoms with Crippen LogP contribution in [-0.4, -0.2) is 19.1 Å². The highest BCUT2D eigenvalue weighted by Gasteiger charge is 2.37. The van der Waals surface area contributed by atoms with Gasteiger partial charge in [-0.05, 0) is 30.5 Å². The molecule has 1 rings (SSSR count). The first-order valence-corrected chi connectivity index (χ1v) is 6.27. The Kier molecular flexibility index (Phi) is 5.22. The molecule has 1 aromatic carbocycles. The van der Waals surface area contributed by atoms with Crippen molar-refractivity contribution in [1.29, 1.82) is 0 Å². The van der Waals surface area contributed by atoms with Crippen molar-refractivity contribution < 1.29 is 22.7 Å². The third-order valence-electron chi connectivity index (χ3n) is 2.56. The minimum absolute atomic E-state index is 0.114. The standard InChI is InChI=1S/C12H13BrF3NO2/c1-19-10-6-8(13)7(5-9(10)17)3-2-4-11(18)12(14,15)16/h5-6H,2-4,17H2,1H3. The number of anilines is 1. The minimum Gasteiger partial charge on any atom is -0.495 e. The first-order chi connectivity index (χ1) is 8.75. The van der Waals surface area contributed by atoms with E-state index in [4.69, 9.17) is 10.5 Å². The summed E-state index contributed by atoms with van der Waals surface area (Å²) in [6.07, 6.45) is -4.84. The minimum atomic E-state index is -4.75. The van der Waals surface area contributed by atoms with Gasteiger partial charge in [0.15, 0.2) is 0 Å². The highest BCUT2D eigenvalue weighted by molar-refractivity contribution is 9.10. The van der Waals surface area contributed by atoms with Crippen LogP contribution < -0.4 is 10.5 Å².